The number of ether oxygens (including phenoxy) is 2. The summed E-state index contributed by atoms with van der Waals surface area (Å²) in [6.07, 6.45) is 5.94. The van der Waals surface area contributed by atoms with Crippen LogP contribution in [0.4, 0.5) is 17.1 Å². The Balaban J connectivity index is 1.02. The van der Waals surface area contributed by atoms with Crippen molar-refractivity contribution in [3.05, 3.63) is 65.7 Å². The van der Waals surface area contributed by atoms with Crippen LogP contribution < -0.4 is 20.1 Å². The Morgan fingerprint density at radius 1 is 1.06 bits per heavy atom. The summed E-state index contributed by atoms with van der Waals surface area (Å²) in [5.74, 6) is 0.178. The van der Waals surface area contributed by atoms with Crippen LogP contribution in [0.2, 0.25) is 0 Å². The topological polar surface area (TPSA) is 148 Å². The third-order valence-electron chi connectivity index (χ3n) is 8.18. The highest BCUT2D eigenvalue weighted by atomic mass is 16.5. The molecule has 2 aromatic heterocycles. The molecular formula is C34H36N6O7. The highest BCUT2D eigenvalue weighted by Crippen LogP contribution is 2.38. The van der Waals surface area contributed by atoms with Crippen molar-refractivity contribution < 1.29 is 33.1 Å². The number of furan rings is 1. The molecule has 0 aliphatic carbocycles. The number of benzene rings is 2. The lowest BCUT2D eigenvalue weighted by atomic mass is 10.1. The SMILES string of the molecule is COc1cc2c(cc1OCCCC(=O)Nc1cc(C(=O)Nc3ccc4oc(C(=O)N(C)C)cc4c3)n(C)c1)N=C[C@@H]1CCCN1C2=O. The van der Waals surface area contributed by atoms with Crippen molar-refractivity contribution in [3.8, 4) is 11.5 Å². The lowest BCUT2D eigenvalue weighted by Gasteiger charge is -2.20. The molecule has 0 bridgehead atoms. The molecule has 0 radical (unpaired) electrons. The van der Waals surface area contributed by atoms with Gasteiger partial charge in [0, 0.05) is 63.7 Å². The van der Waals surface area contributed by atoms with Crippen molar-refractivity contribution in [1.29, 1.82) is 0 Å². The number of rotatable bonds is 10. The Kier molecular flexibility index (Phi) is 8.70. The van der Waals surface area contributed by atoms with Gasteiger partial charge >= 0.3 is 0 Å². The van der Waals surface area contributed by atoms with Gasteiger partial charge < -0.3 is 38.9 Å². The number of carbonyl (C=O) groups excluding carboxylic acids is 4. The molecule has 0 saturated carbocycles. The molecule has 2 aliphatic heterocycles. The van der Waals surface area contributed by atoms with E-state index in [4.69, 9.17) is 13.9 Å². The summed E-state index contributed by atoms with van der Waals surface area (Å²) >= 11 is 0. The molecule has 13 nitrogen and oxygen atoms in total. The smallest absolute Gasteiger partial charge is 0.289 e. The van der Waals surface area contributed by atoms with Crippen molar-refractivity contribution >= 4 is 57.9 Å². The fourth-order valence-electron chi connectivity index (χ4n) is 5.76. The van der Waals surface area contributed by atoms with Crippen LogP contribution in [-0.2, 0) is 11.8 Å². The Bertz CT molecular complexity index is 1910. The van der Waals surface area contributed by atoms with E-state index >= 15 is 0 Å². The second kappa shape index (κ2) is 13.0. The van der Waals surface area contributed by atoms with Gasteiger partial charge in [0.15, 0.2) is 17.3 Å². The minimum Gasteiger partial charge on any atom is -0.493 e. The van der Waals surface area contributed by atoms with E-state index < -0.39 is 0 Å². The van der Waals surface area contributed by atoms with E-state index in [1.165, 1.54) is 12.0 Å². The lowest BCUT2D eigenvalue weighted by molar-refractivity contribution is -0.116. The van der Waals surface area contributed by atoms with Crippen LogP contribution in [0.3, 0.4) is 0 Å². The minimum atomic E-state index is -0.366. The molecule has 4 aromatic rings. The molecule has 4 amide bonds. The predicted molar refractivity (Wildman–Crippen MR) is 176 cm³/mol. The van der Waals surface area contributed by atoms with E-state index in [9.17, 15) is 19.2 Å². The van der Waals surface area contributed by atoms with Crippen LogP contribution in [0.25, 0.3) is 11.0 Å². The molecule has 0 unspecified atom stereocenters. The van der Waals surface area contributed by atoms with Gasteiger partial charge in [0.05, 0.1) is 36.7 Å². The summed E-state index contributed by atoms with van der Waals surface area (Å²) < 4.78 is 18.7. The number of nitrogens with zero attached hydrogens (tertiary/aromatic N) is 4. The monoisotopic (exact) mass is 640 g/mol. The largest absolute Gasteiger partial charge is 0.493 e. The maximum absolute atomic E-state index is 13.1. The number of methoxy groups -OCH3 is 1. The molecule has 244 valence electrons. The van der Waals surface area contributed by atoms with E-state index in [0.29, 0.717) is 63.8 Å². The molecule has 13 heteroatoms. The number of hydrogen-bond donors (Lipinski definition) is 2. The molecule has 47 heavy (non-hydrogen) atoms. The Morgan fingerprint density at radius 3 is 2.68 bits per heavy atom. The summed E-state index contributed by atoms with van der Waals surface area (Å²) in [5, 5.41) is 6.37. The molecule has 2 aliphatic rings. The second-order valence-corrected chi connectivity index (χ2v) is 11.7. The molecule has 1 atom stereocenters. The first-order valence-electron chi connectivity index (χ1n) is 15.3. The number of amides is 4. The van der Waals surface area contributed by atoms with E-state index in [2.05, 4.69) is 15.6 Å². The number of carbonyl (C=O) groups is 4. The molecule has 4 heterocycles. The van der Waals surface area contributed by atoms with E-state index in [-0.39, 0.29) is 48.5 Å². The Labute approximate surface area is 271 Å². The molecule has 2 N–H and O–H groups in total. The maximum Gasteiger partial charge on any atom is 0.289 e. The van der Waals surface area contributed by atoms with Crippen molar-refractivity contribution in [2.45, 2.75) is 31.7 Å². The molecule has 2 aromatic carbocycles. The van der Waals surface area contributed by atoms with Crippen LogP contribution >= 0.6 is 0 Å². The van der Waals surface area contributed by atoms with Gasteiger partial charge in [-0.15, -0.1) is 0 Å². The third-order valence-corrected chi connectivity index (χ3v) is 8.18. The number of nitrogens with one attached hydrogen (secondary N) is 2. The van der Waals surface area contributed by atoms with Gasteiger partial charge in [-0.05, 0) is 55.7 Å². The molecular weight excluding hydrogens is 604 g/mol. The quantitative estimate of drug-likeness (QED) is 0.236. The first-order valence-corrected chi connectivity index (χ1v) is 15.3. The summed E-state index contributed by atoms with van der Waals surface area (Å²) in [7, 11) is 6.52. The van der Waals surface area contributed by atoms with Crippen LogP contribution in [0.5, 0.6) is 11.5 Å². The fraction of sp³-hybridized carbons (Fsp3) is 0.324. The highest BCUT2D eigenvalue weighted by molar-refractivity contribution is 6.06. The lowest BCUT2D eigenvalue weighted by Crippen LogP contribution is -2.35. The normalized spacial score (nSPS) is 15.2. The zero-order valence-corrected chi connectivity index (χ0v) is 26.7. The standard InChI is InChI=1S/C34H36N6O7/c1-38(2)34(44)30-14-20-13-21(9-10-27(20)47-30)37-32(42)26-15-22(19-39(26)3)36-31(41)8-6-12-46-29-17-25-24(16-28(29)45-4)33(43)40-11-5-7-23(40)18-35-25/h9-10,13-19,23H,5-8,11-12H2,1-4H3,(H,36,41)(H,37,42)/t23-/m0/s1. The number of hydrogen-bond acceptors (Lipinski definition) is 8. The van der Waals surface area contributed by atoms with Gasteiger partial charge in [-0.25, -0.2) is 0 Å². The first-order chi connectivity index (χ1) is 22.6. The maximum atomic E-state index is 13.1. The van der Waals surface area contributed by atoms with Gasteiger partial charge in [0.1, 0.15) is 11.3 Å². The number of fused-ring (bicyclic) bond motifs is 3. The van der Waals surface area contributed by atoms with Gasteiger partial charge in [0.2, 0.25) is 5.91 Å². The summed E-state index contributed by atoms with van der Waals surface area (Å²) in [4.78, 5) is 58.9. The first kappa shape index (κ1) is 31.4. The molecule has 1 saturated heterocycles. The van der Waals surface area contributed by atoms with E-state index in [1.807, 2.05) is 11.1 Å². The number of aromatic nitrogens is 1. The van der Waals surface area contributed by atoms with Crippen molar-refractivity contribution in [2.75, 3.05) is 45.0 Å². The third kappa shape index (κ3) is 6.55. The average Bonchev–Trinajstić information content (AvgIpc) is 3.77. The predicted octanol–water partition coefficient (Wildman–Crippen LogP) is 4.85. The minimum absolute atomic E-state index is 0.00682. The van der Waals surface area contributed by atoms with Gasteiger partial charge in [-0.2, -0.15) is 0 Å². The van der Waals surface area contributed by atoms with Gasteiger partial charge in [-0.3, -0.25) is 24.2 Å². The molecule has 1 fully saturated rings. The van der Waals surface area contributed by atoms with E-state index in [0.717, 1.165) is 12.8 Å². The molecule has 6 rings (SSSR count). The van der Waals surface area contributed by atoms with Crippen molar-refractivity contribution in [2.24, 2.45) is 12.0 Å². The Morgan fingerprint density at radius 2 is 1.89 bits per heavy atom. The van der Waals surface area contributed by atoms with Gasteiger partial charge in [-0.1, -0.05) is 0 Å². The molecule has 0 spiro atoms. The van der Waals surface area contributed by atoms with Gasteiger partial charge in [0.25, 0.3) is 17.7 Å². The summed E-state index contributed by atoms with van der Waals surface area (Å²) in [6, 6.07) is 11.7. The highest BCUT2D eigenvalue weighted by Gasteiger charge is 2.32. The number of aryl methyl sites for hydroxylation is 1. The summed E-state index contributed by atoms with van der Waals surface area (Å²) in [5.41, 5.74) is 2.91. The average molecular weight is 641 g/mol. The second-order valence-electron chi connectivity index (χ2n) is 11.7. The van der Waals surface area contributed by atoms with E-state index in [1.54, 1.807) is 74.4 Å². The number of anilines is 2. The summed E-state index contributed by atoms with van der Waals surface area (Å²) in [6.45, 7) is 0.949. The zero-order chi connectivity index (χ0) is 33.2. The van der Waals surface area contributed by atoms with Crippen LogP contribution in [0.1, 0.15) is 57.1 Å². The van der Waals surface area contributed by atoms with Crippen molar-refractivity contribution in [1.82, 2.24) is 14.4 Å². The van der Waals surface area contributed by atoms with Crippen LogP contribution in [0.15, 0.2) is 58.1 Å². The van der Waals surface area contributed by atoms with Crippen LogP contribution in [-0.4, -0.2) is 84.6 Å². The number of aliphatic imine (C=N–C) groups is 1. The van der Waals surface area contributed by atoms with Crippen LogP contribution in [0, 0.1) is 0 Å². The fourth-order valence-corrected chi connectivity index (χ4v) is 5.76. The Hall–Kier alpha value is -5.59. The van der Waals surface area contributed by atoms with Crippen molar-refractivity contribution in [3.63, 3.8) is 0 Å². The zero-order valence-electron chi connectivity index (χ0n) is 26.7.